The molecular weight excluding hydrogens is 320 g/mol. The highest BCUT2D eigenvalue weighted by atomic mass is 16.1. The Labute approximate surface area is 142 Å². The summed E-state index contributed by atoms with van der Waals surface area (Å²) in [6.07, 6.45) is 1.39. The molecule has 0 saturated heterocycles. The van der Waals surface area contributed by atoms with E-state index in [1.165, 1.54) is 6.33 Å². The lowest BCUT2D eigenvalue weighted by Crippen LogP contribution is -2.14. The summed E-state index contributed by atoms with van der Waals surface area (Å²) in [6.45, 7) is 3.85. The molecule has 4 rings (SSSR count). The summed E-state index contributed by atoms with van der Waals surface area (Å²) in [4.78, 5) is 20.8. The predicted octanol–water partition coefficient (Wildman–Crippen LogP) is 1.80. The molecule has 0 spiro atoms. The average Bonchev–Trinajstić information content (AvgIpc) is 3.20. The van der Waals surface area contributed by atoms with Gasteiger partial charge in [0.25, 0.3) is 5.91 Å². The lowest BCUT2D eigenvalue weighted by Gasteiger charge is -2.07. The van der Waals surface area contributed by atoms with E-state index >= 15 is 0 Å². The Balaban J connectivity index is 1.61. The van der Waals surface area contributed by atoms with Gasteiger partial charge in [0.05, 0.1) is 5.69 Å². The molecule has 0 atom stereocenters. The number of anilines is 1. The lowest BCUT2D eigenvalue weighted by atomic mass is 10.2. The standard InChI is InChI=1S/C16H14N8O/c1-9-5-10(2)24(22-9)15-7-14(17-8-18-15)19-16(25)11-3-4-12-13(6-11)21-23-20-12/h3-8H,1-2H3,(H,20,21,23)(H,17,18,19,25). The summed E-state index contributed by atoms with van der Waals surface area (Å²) < 4.78 is 1.70. The van der Waals surface area contributed by atoms with E-state index in [1.807, 2.05) is 19.9 Å². The maximum Gasteiger partial charge on any atom is 0.256 e. The van der Waals surface area contributed by atoms with E-state index in [9.17, 15) is 4.79 Å². The van der Waals surface area contributed by atoms with Crippen LogP contribution in [0.25, 0.3) is 16.9 Å². The van der Waals surface area contributed by atoms with Crippen LogP contribution in [0.3, 0.4) is 0 Å². The van der Waals surface area contributed by atoms with Crippen LogP contribution < -0.4 is 5.32 Å². The van der Waals surface area contributed by atoms with Gasteiger partial charge in [0, 0.05) is 17.3 Å². The van der Waals surface area contributed by atoms with Gasteiger partial charge in [-0.1, -0.05) is 0 Å². The highest BCUT2D eigenvalue weighted by Gasteiger charge is 2.11. The van der Waals surface area contributed by atoms with E-state index < -0.39 is 0 Å². The number of nitrogens with one attached hydrogen (secondary N) is 2. The van der Waals surface area contributed by atoms with Gasteiger partial charge in [-0.2, -0.15) is 20.5 Å². The minimum atomic E-state index is -0.289. The minimum absolute atomic E-state index is 0.289. The third-order valence-corrected chi connectivity index (χ3v) is 3.70. The van der Waals surface area contributed by atoms with Gasteiger partial charge in [-0.3, -0.25) is 4.79 Å². The fraction of sp³-hybridized carbons (Fsp3) is 0.125. The zero-order valence-corrected chi connectivity index (χ0v) is 13.6. The Morgan fingerprint density at radius 2 is 1.92 bits per heavy atom. The molecule has 0 bridgehead atoms. The van der Waals surface area contributed by atoms with Crippen molar-refractivity contribution in [1.29, 1.82) is 0 Å². The highest BCUT2D eigenvalue weighted by molar-refractivity contribution is 6.05. The Morgan fingerprint density at radius 3 is 2.72 bits per heavy atom. The summed E-state index contributed by atoms with van der Waals surface area (Å²) in [5, 5.41) is 17.6. The Hall–Kier alpha value is -3.62. The Morgan fingerprint density at radius 1 is 1.08 bits per heavy atom. The third kappa shape index (κ3) is 2.82. The SMILES string of the molecule is Cc1cc(C)n(-c2cc(NC(=O)c3ccc4n[nH]nc4c3)ncn2)n1. The van der Waals surface area contributed by atoms with Crippen LogP contribution in [-0.2, 0) is 0 Å². The molecule has 3 heterocycles. The van der Waals surface area contributed by atoms with Crippen LogP contribution >= 0.6 is 0 Å². The zero-order valence-electron chi connectivity index (χ0n) is 13.6. The normalized spacial score (nSPS) is 11.0. The molecule has 0 unspecified atom stereocenters. The quantitative estimate of drug-likeness (QED) is 0.590. The zero-order chi connectivity index (χ0) is 17.4. The van der Waals surface area contributed by atoms with Crippen molar-refractivity contribution in [3.63, 3.8) is 0 Å². The van der Waals surface area contributed by atoms with Crippen molar-refractivity contribution in [2.75, 3.05) is 5.32 Å². The van der Waals surface area contributed by atoms with E-state index in [4.69, 9.17) is 0 Å². The molecule has 4 aromatic rings. The van der Waals surface area contributed by atoms with Gasteiger partial charge in [0.15, 0.2) is 5.82 Å². The first-order valence-corrected chi connectivity index (χ1v) is 7.58. The van der Waals surface area contributed by atoms with Crippen LogP contribution in [0.2, 0.25) is 0 Å². The van der Waals surface area contributed by atoms with E-state index in [2.05, 4.69) is 35.8 Å². The number of carbonyl (C=O) groups excluding carboxylic acids is 1. The number of aromatic nitrogens is 7. The van der Waals surface area contributed by atoms with Crippen LogP contribution in [0.4, 0.5) is 5.82 Å². The lowest BCUT2D eigenvalue weighted by molar-refractivity contribution is 0.102. The van der Waals surface area contributed by atoms with Gasteiger partial charge in [-0.25, -0.2) is 14.6 Å². The van der Waals surface area contributed by atoms with Crippen molar-refractivity contribution in [3.05, 3.63) is 53.6 Å². The number of amides is 1. The van der Waals surface area contributed by atoms with Crippen molar-refractivity contribution < 1.29 is 4.79 Å². The molecule has 1 amide bonds. The monoisotopic (exact) mass is 334 g/mol. The van der Waals surface area contributed by atoms with Crippen LogP contribution in [0.15, 0.2) is 36.7 Å². The number of hydrogen-bond acceptors (Lipinski definition) is 6. The summed E-state index contributed by atoms with van der Waals surface area (Å²) in [5.41, 5.74) is 3.63. The first kappa shape index (κ1) is 14.9. The molecular formula is C16H14N8O. The van der Waals surface area contributed by atoms with Crippen LogP contribution in [0, 0.1) is 13.8 Å². The molecule has 9 nitrogen and oxygen atoms in total. The maximum absolute atomic E-state index is 12.4. The molecule has 124 valence electrons. The summed E-state index contributed by atoms with van der Waals surface area (Å²) >= 11 is 0. The first-order valence-electron chi connectivity index (χ1n) is 7.58. The van der Waals surface area contributed by atoms with E-state index in [-0.39, 0.29) is 5.91 Å². The predicted molar refractivity (Wildman–Crippen MR) is 90.5 cm³/mol. The fourth-order valence-electron chi connectivity index (χ4n) is 2.56. The van der Waals surface area contributed by atoms with E-state index in [0.29, 0.717) is 28.2 Å². The fourth-order valence-corrected chi connectivity index (χ4v) is 2.56. The number of benzene rings is 1. The van der Waals surface area contributed by atoms with Crippen LogP contribution in [0.1, 0.15) is 21.7 Å². The molecule has 0 aliphatic rings. The number of H-pyrrole nitrogens is 1. The smallest absolute Gasteiger partial charge is 0.256 e. The van der Waals surface area contributed by atoms with E-state index in [1.54, 1.807) is 28.9 Å². The van der Waals surface area contributed by atoms with Gasteiger partial charge in [-0.15, -0.1) is 0 Å². The largest absolute Gasteiger partial charge is 0.306 e. The van der Waals surface area contributed by atoms with Crippen LogP contribution in [-0.4, -0.2) is 41.1 Å². The van der Waals surface area contributed by atoms with Gasteiger partial charge in [0.1, 0.15) is 23.2 Å². The first-order chi connectivity index (χ1) is 12.1. The molecule has 25 heavy (non-hydrogen) atoms. The van der Waals surface area contributed by atoms with Gasteiger partial charge in [-0.05, 0) is 38.1 Å². The van der Waals surface area contributed by atoms with Crippen LogP contribution in [0.5, 0.6) is 0 Å². The second-order valence-electron chi connectivity index (χ2n) is 5.58. The van der Waals surface area contributed by atoms with Crippen molar-refractivity contribution >= 4 is 22.8 Å². The van der Waals surface area contributed by atoms with Crippen molar-refractivity contribution in [1.82, 2.24) is 35.2 Å². The average molecular weight is 334 g/mol. The Kier molecular flexibility index (Phi) is 3.46. The number of aryl methyl sites for hydroxylation is 2. The second kappa shape index (κ2) is 5.78. The number of fused-ring (bicyclic) bond motifs is 1. The number of hydrogen-bond donors (Lipinski definition) is 2. The summed E-state index contributed by atoms with van der Waals surface area (Å²) in [6, 6.07) is 8.70. The highest BCUT2D eigenvalue weighted by Crippen LogP contribution is 2.15. The molecule has 9 heteroatoms. The molecule has 2 N–H and O–H groups in total. The van der Waals surface area contributed by atoms with Crippen molar-refractivity contribution in [2.24, 2.45) is 0 Å². The number of rotatable bonds is 3. The maximum atomic E-state index is 12.4. The van der Waals surface area contributed by atoms with E-state index in [0.717, 1.165) is 11.4 Å². The van der Waals surface area contributed by atoms with Gasteiger partial charge >= 0.3 is 0 Å². The molecule has 0 aliphatic carbocycles. The van der Waals surface area contributed by atoms with Crippen molar-refractivity contribution in [3.8, 4) is 5.82 Å². The molecule has 0 fully saturated rings. The topological polar surface area (TPSA) is 114 Å². The Bertz CT molecular complexity index is 1080. The molecule has 0 aliphatic heterocycles. The molecule has 0 radical (unpaired) electrons. The summed E-state index contributed by atoms with van der Waals surface area (Å²) in [7, 11) is 0. The van der Waals surface area contributed by atoms with Gasteiger partial charge in [0.2, 0.25) is 0 Å². The number of carbonyl (C=O) groups is 1. The van der Waals surface area contributed by atoms with Gasteiger partial charge < -0.3 is 5.32 Å². The summed E-state index contributed by atoms with van der Waals surface area (Å²) in [5.74, 6) is 0.688. The van der Waals surface area contributed by atoms with Crippen molar-refractivity contribution in [2.45, 2.75) is 13.8 Å². The third-order valence-electron chi connectivity index (χ3n) is 3.70. The molecule has 1 aromatic carbocycles. The number of aromatic amines is 1. The molecule has 0 saturated carbocycles. The minimum Gasteiger partial charge on any atom is -0.306 e. The molecule has 3 aromatic heterocycles. The second-order valence-corrected chi connectivity index (χ2v) is 5.58. The number of nitrogens with zero attached hydrogens (tertiary/aromatic N) is 6.